The normalized spacial score (nSPS) is 20.2. The van der Waals surface area contributed by atoms with Crippen LogP contribution >= 0.6 is 0 Å². The second-order valence-electron chi connectivity index (χ2n) is 6.65. The highest BCUT2D eigenvalue weighted by Gasteiger charge is 2.52. The lowest BCUT2D eigenvalue weighted by Gasteiger charge is -2.21. The summed E-state index contributed by atoms with van der Waals surface area (Å²) >= 11 is 0. The van der Waals surface area contributed by atoms with Crippen molar-refractivity contribution in [3.63, 3.8) is 0 Å². The molecule has 3 rings (SSSR count). The molecular formula is C18H24N2O5. The number of nitrogens with one attached hydrogen (secondary N) is 1. The average molecular weight is 348 g/mol. The summed E-state index contributed by atoms with van der Waals surface area (Å²) in [5.41, 5.74) is 0.216. The van der Waals surface area contributed by atoms with E-state index in [1.54, 1.807) is 7.11 Å². The van der Waals surface area contributed by atoms with Crippen LogP contribution in [0, 0.1) is 0 Å². The maximum Gasteiger partial charge on any atom is 0.325 e. The number of methoxy groups -OCH3 is 1. The Morgan fingerprint density at radius 1 is 1.24 bits per heavy atom. The number of rotatable bonds is 7. The molecule has 0 unspecified atom stereocenters. The predicted octanol–water partition coefficient (Wildman–Crippen LogP) is 1.44. The van der Waals surface area contributed by atoms with Crippen molar-refractivity contribution in [1.82, 2.24) is 10.2 Å². The molecule has 7 nitrogen and oxygen atoms in total. The number of imide groups is 1. The molecule has 0 aromatic heterocycles. The van der Waals surface area contributed by atoms with Crippen molar-refractivity contribution in [3.8, 4) is 5.75 Å². The van der Waals surface area contributed by atoms with Crippen molar-refractivity contribution in [2.45, 2.75) is 43.9 Å². The van der Waals surface area contributed by atoms with Crippen LogP contribution in [0.5, 0.6) is 5.75 Å². The summed E-state index contributed by atoms with van der Waals surface area (Å²) in [6.45, 7) is 0.344. The molecule has 25 heavy (non-hydrogen) atoms. The number of hydrogen-bond acceptors (Lipinski definition) is 5. The van der Waals surface area contributed by atoms with Gasteiger partial charge in [0.05, 0.1) is 33.0 Å². The molecular weight excluding hydrogens is 324 g/mol. The highest BCUT2D eigenvalue weighted by molar-refractivity contribution is 6.07. The summed E-state index contributed by atoms with van der Waals surface area (Å²) < 4.78 is 10.6. The highest BCUT2D eigenvalue weighted by atomic mass is 16.5. The summed E-state index contributed by atoms with van der Waals surface area (Å²) in [5, 5.41) is 12.9. The van der Waals surface area contributed by atoms with Crippen LogP contribution in [0.15, 0.2) is 24.3 Å². The molecule has 1 saturated heterocycles. The zero-order chi connectivity index (χ0) is 17.9. The number of amides is 3. The third-order valence-corrected chi connectivity index (χ3v) is 4.83. The lowest BCUT2D eigenvalue weighted by atomic mass is 9.98. The van der Waals surface area contributed by atoms with E-state index in [2.05, 4.69) is 5.32 Å². The van der Waals surface area contributed by atoms with Gasteiger partial charge in [-0.1, -0.05) is 25.0 Å². The second-order valence-corrected chi connectivity index (χ2v) is 6.65. The SMILES string of the molecule is COc1ccc(COC[C@@H](O)CN2C(=O)NC3(CCCC3)C2=O)cc1. The lowest BCUT2D eigenvalue weighted by molar-refractivity contribution is -0.132. The van der Waals surface area contributed by atoms with Gasteiger partial charge in [-0.15, -0.1) is 0 Å². The summed E-state index contributed by atoms with van der Waals surface area (Å²) in [6.07, 6.45) is 2.32. The van der Waals surface area contributed by atoms with Crippen LogP contribution < -0.4 is 10.1 Å². The minimum atomic E-state index is -0.912. The summed E-state index contributed by atoms with van der Waals surface area (Å²) in [7, 11) is 1.60. The van der Waals surface area contributed by atoms with Gasteiger partial charge in [-0.2, -0.15) is 0 Å². The van der Waals surface area contributed by atoms with E-state index in [4.69, 9.17) is 9.47 Å². The Bertz CT molecular complexity index is 625. The van der Waals surface area contributed by atoms with E-state index in [0.29, 0.717) is 19.4 Å². The number of ether oxygens (including phenoxy) is 2. The largest absolute Gasteiger partial charge is 0.497 e. The fourth-order valence-corrected chi connectivity index (χ4v) is 3.46. The molecule has 2 fully saturated rings. The molecule has 7 heteroatoms. The maximum atomic E-state index is 12.5. The van der Waals surface area contributed by atoms with E-state index in [1.165, 1.54) is 0 Å². The number of aliphatic hydroxyl groups excluding tert-OH is 1. The second kappa shape index (κ2) is 7.41. The van der Waals surface area contributed by atoms with E-state index in [0.717, 1.165) is 29.1 Å². The third kappa shape index (κ3) is 3.77. The van der Waals surface area contributed by atoms with Gasteiger partial charge in [0.25, 0.3) is 5.91 Å². The Balaban J connectivity index is 1.46. The topological polar surface area (TPSA) is 88.1 Å². The van der Waals surface area contributed by atoms with Gasteiger partial charge >= 0.3 is 6.03 Å². The van der Waals surface area contributed by atoms with E-state index in [9.17, 15) is 14.7 Å². The van der Waals surface area contributed by atoms with Crippen LogP contribution in [0.25, 0.3) is 0 Å². The first-order valence-corrected chi connectivity index (χ1v) is 8.57. The van der Waals surface area contributed by atoms with Gasteiger partial charge in [0.1, 0.15) is 11.3 Å². The summed E-state index contributed by atoms with van der Waals surface area (Å²) in [6, 6.07) is 7.02. The van der Waals surface area contributed by atoms with E-state index in [1.807, 2.05) is 24.3 Å². The Morgan fingerprint density at radius 3 is 2.56 bits per heavy atom. The fourth-order valence-electron chi connectivity index (χ4n) is 3.46. The quantitative estimate of drug-likeness (QED) is 0.728. The van der Waals surface area contributed by atoms with Crippen LogP contribution in [-0.2, 0) is 16.1 Å². The average Bonchev–Trinajstić information content (AvgIpc) is 3.17. The summed E-state index contributed by atoms with van der Waals surface area (Å²) in [5.74, 6) is 0.549. The summed E-state index contributed by atoms with van der Waals surface area (Å²) in [4.78, 5) is 25.7. The molecule has 2 N–H and O–H groups in total. The molecule has 0 bridgehead atoms. The zero-order valence-corrected chi connectivity index (χ0v) is 14.4. The Labute approximate surface area is 146 Å². The predicted molar refractivity (Wildman–Crippen MR) is 90.1 cm³/mol. The molecule has 136 valence electrons. The van der Waals surface area contributed by atoms with Gasteiger partial charge in [-0.05, 0) is 30.5 Å². The zero-order valence-electron chi connectivity index (χ0n) is 14.4. The lowest BCUT2D eigenvalue weighted by Crippen LogP contribution is -2.45. The van der Waals surface area contributed by atoms with Crippen LogP contribution in [-0.4, -0.2) is 53.8 Å². The molecule has 1 spiro atoms. The molecule has 2 aliphatic rings. The first kappa shape index (κ1) is 17.7. The Hall–Kier alpha value is -2.12. The van der Waals surface area contributed by atoms with Crippen molar-refractivity contribution in [1.29, 1.82) is 0 Å². The monoisotopic (exact) mass is 348 g/mol. The number of carbonyl (C=O) groups excluding carboxylic acids is 2. The molecule has 1 saturated carbocycles. The first-order valence-electron chi connectivity index (χ1n) is 8.57. The van der Waals surface area contributed by atoms with Gasteiger partial charge in [-0.25, -0.2) is 4.79 Å². The van der Waals surface area contributed by atoms with Crippen molar-refractivity contribution in [2.75, 3.05) is 20.3 Å². The van der Waals surface area contributed by atoms with Crippen LogP contribution in [0.1, 0.15) is 31.2 Å². The first-order chi connectivity index (χ1) is 12.0. The van der Waals surface area contributed by atoms with Crippen LogP contribution in [0.4, 0.5) is 4.79 Å². The Morgan fingerprint density at radius 2 is 1.92 bits per heavy atom. The van der Waals surface area contributed by atoms with E-state index in [-0.39, 0.29) is 19.1 Å². The number of carbonyl (C=O) groups is 2. The minimum absolute atomic E-state index is 0.0466. The number of β-amino-alcohol motifs (C(OH)–C–C–N with tert-alkyl or cyclic N) is 1. The number of hydrogen-bond donors (Lipinski definition) is 2. The van der Waals surface area contributed by atoms with Crippen molar-refractivity contribution >= 4 is 11.9 Å². The molecule has 1 aromatic carbocycles. The molecule has 1 heterocycles. The maximum absolute atomic E-state index is 12.5. The number of nitrogens with zero attached hydrogens (tertiary/aromatic N) is 1. The van der Waals surface area contributed by atoms with Gasteiger partial charge in [0.15, 0.2) is 0 Å². The molecule has 0 radical (unpaired) electrons. The molecule has 1 aliphatic heterocycles. The number of aliphatic hydroxyl groups is 1. The highest BCUT2D eigenvalue weighted by Crippen LogP contribution is 2.35. The van der Waals surface area contributed by atoms with Gasteiger partial charge in [-0.3, -0.25) is 9.69 Å². The van der Waals surface area contributed by atoms with E-state index >= 15 is 0 Å². The fraction of sp³-hybridized carbons (Fsp3) is 0.556. The number of benzene rings is 1. The van der Waals surface area contributed by atoms with Crippen molar-refractivity contribution in [3.05, 3.63) is 29.8 Å². The smallest absolute Gasteiger partial charge is 0.325 e. The van der Waals surface area contributed by atoms with E-state index < -0.39 is 17.7 Å². The van der Waals surface area contributed by atoms with Crippen LogP contribution in [0.3, 0.4) is 0 Å². The van der Waals surface area contributed by atoms with Crippen LogP contribution in [0.2, 0.25) is 0 Å². The molecule has 1 atom stereocenters. The van der Waals surface area contributed by atoms with Crippen molar-refractivity contribution in [2.24, 2.45) is 0 Å². The van der Waals surface area contributed by atoms with Gasteiger partial charge < -0.3 is 19.9 Å². The minimum Gasteiger partial charge on any atom is -0.497 e. The standard InChI is InChI=1S/C18H24N2O5/c1-24-15-6-4-13(5-7-15)11-25-12-14(21)10-20-16(22)18(19-17(20)23)8-2-3-9-18/h4-7,14,21H,2-3,8-12H2,1H3,(H,19,23)/t14-/m0/s1. The number of urea groups is 1. The third-order valence-electron chi connectivity index (χ3n) is 4.83. The van der Waals surface area contributed by atoms with Gasteiger partial charge in [0, 0.05) is 0 Å². The Kier molecular flexibility index (Phi) is 5.24. The molecule has 3 amide bonds. The molecule has 1 aliphatic carbocycles. The molecule has 1 aromatic rings. The van der Waals surface area contributed by atoms with Crippen molar-refractivity contribution < 1.29 is 24.2 Å². The van der Waals surface area contributed by atoms with Gasteiger partial charge in [0.2, 0.25) is 0 Å².